The van der Waals surface area contributed by atoms with Crippen molar-refractivity contribution in [3.05, 3.63) is 57.6 Å². The summed E-state index contributed by atoms with van der Waals surface area (Å²) in [5.74, 6) is 0.184. The van der Waals surface area contributed by atoms with Gasteiger partial charge in [0.05, 0.1) is 23.4 Å². The molecular weight excluding hydrogens is 337 g/mol. The van der Waals surface area contributed by atoms with Crippen molar-refractivity contribution in [1.82, 2.24) is 0 Å². The molecule has 23 heavy (non-hydrogen) atoms. The van der Waals surface area contributed by atoms with Crippen LogP contribution in [-0.4, -0.2) is 25.3 Å². The van der Waals surface area contributed by atoms with Crippen molar-refractivity contribution in [2.45, 2.75) is 6.42 Å². The lowest BCUT2D eigenvalue weighted by Gasteiger charge is -2.30. The van der Waals surface area contributed by atoms with Gasteiger partial charge in [-0.25, -0.2) is 0 Å². The number of ether oxygens (including phenoxy) is 1. The molecule has 6 heteroatoms. The maximum atomic E-state index is 12.9. The van der Waals surface area contributed by atoms with Crippen LogP contribution in [0.25, 0.3) is 0 Å². The number of hydrogen-bond donors (Lipinski definition) is 0. The Morgan fingerprint density at radius 3 is 2.70 bits per heavy atom. The molecule has 1 aliphatic heterocycles. The van der Waals surface area contributed by atoms with Gasteiger partial charge >= 0.3 is 0 Å². The minimum absolute atomic E-state index is 0.00912. The Morgan fingerprint density at radius 1 is 1.22 bits per heavy atom. The first-order chi connectivity index (χ1) is 11.0. The predicted octanol–water partition coefficient (Wildman–Crippen LogP) is 4.24. The first-order valence-corrected chi connectivity index (χ1v) is 7.75. The second-order valence-corrected chi connectivity index (χ2v) is 5.95. The van der Waals surface area contributed by atoms with E-state index in [2.05, 4.69) is 0 Å². The fourth-order valence-corrected chi connectivity index (χ4v) is 3.15. The lowest BCUT2D eigenvalue weighted by atomic mass is 9.98. The molecule has 4 nitrogen and oxygen atoms in total. The van der Waals surface area contributed by atoms with Crippen LogP contribution in [0.2, 0.25) is 10.0 Å². The van der Waals surface area contributed by atoms with E-state index < -0.39 is 0 Å². The second-order valence-electron chi connectivity index (χ2n) is 5.11. The van der Waals surface area contributed by atoms with Gasteiger partial charge in [0.2, 0.25) is 0 Å². The maximum Gasteiger partial charge on any atom is 0.259 e. The van der Waals surface area contributed by atoms with E-state index in [1.54, 1.807) is 30.3 Å². The first-order valence-electron chi connectivity index (χ1n) is 7.00. The monoisotopic (exact) mass is 349 g/mol. The first kappa shape index (κ1) is 15.8. The van der Waals surface area contributed by atoms with Crippen molar-refractivity contribution in [1.29, 1.82) is 0 Å². The maximum absolute atomic E-state index is 12.9. The number of rotatable bonds is 2. The molecule has 1 heterocycles. The van der Waals surface area contributed by atoms with Gasteiger partial charge in [-0.05, 0) is 30.3 Å². The minimum Gasteiger partial charge on any atom is -0.495 e. The average Bonchev–Trinajstić information content (AvgIpc) is 2.54. The molecule has 1 aliphatic rings. The summed E-state index contributed by atoms with van der Waals surface area (Å²) < 4.78 is 5.33. The van der Waals surface area contributed by atoms with E-state index in [0.29, 0.717) is 27.6 Å². The Kier molecular flexibility index (Phi) is 4.28. The molecule has 0 saturated carbocycles. The molecule has 0 saturated heterocycles. The van der Waals surface area contributed by atoms with E-state index in [9.17, 15) is 9.59 Å². The highest BCUT2D eigenvalue weighted by Crippen LogP contribution is 2.37. The number of carbonyl (C=O) groups is 2. The molecule has 0 N–H and O–H groups in total. The van der Waals surface area contributed by atoms with Crippen LogP contribution >= 0.6 is 23.2 Å². The summed E-state index contributed by atoms with van der Waals surface area (Å²) in [5, 5.41) is 0.731. The quantitative estimate of drug-likeness (QED) is 0.814. The fourth-order valence-electron chi connectivity index (χ4n) is 2.66. The Labute approximate surface area is 143 Å². The predicted molar refractivity (Wildman–Crippen MR) is 90.1 cm³/mol. The summed E-state index contributed by atoms with van der Waals surface area (Å²) in [6, 6.07) is 9.87. The van der Waals surface area contributed by atoms with Gasteiger partial charge in [-0.1, -0.05) is 29.3 Å². The van der Waals surface area contributed by atoms with Gasteiger partial charge in [0.25, 0.3) is 5.91 Å². The van der Waals surface area contributed by atoms with E-state index in [1.165, 1.54) is 18.1 Å². The highest BCUT2D eigenvalue weighted by molar-refractivity contribution is 6.37. The number of Topliss-reactive ketones (excluding diaryl/α,β-unsaturated/α-hetero) is 1. The standard InChI is InChI=1S/C17H13Cl2NO3/c1-23-15-4-2-3-12-14(21)7-8-20(16(12)15)17(22)11-6-5-10(18)9-13(11)19/h2-6,9H,7-8H2,1H3. The van der Waals surface area contributed by atoms with Gasteiger partial charge in [-0.15, -0.1) is 0 Å². The van der Waals surface area contributed by atoms with Crippen LogP contribution in [0.5, 0.6) is 5.75 Å². The number of benzene rings is 2. The summed E-state index contributed by atoms with van der Waals surface area (Å²) in [4.78, 5) is 26.6. The van der Waals surface area contributed by atoms with E-state index in [0.717, 1.165) is 0 Å². The van der Waals surface area contributed by atoms with Crippen LogP contribution in [0.1, 0.15) is 27.1 Å². The van der Waals surface area contributed by atoms with Crippen molar-refractivity contribution in [2.24, 2.45) is 0 Å². The number of fused-ring (bicyclic) bond motifs is 1. The number of hydrogen-bond acceptors (Lipinski definition) is 3. The van der Waals surface area contributed by atoms with Crippen LogP contribution in [0.3, 0.4) is 0 Å². The van der Waals surface area contributed by atoms with Crippen LogP contribution in [0, 0.1) is 0 Å². The Morgan fingerprint density at radius 2 is 2.00 bits per heavy atom. The van der Waals surface area contributed by atoms with Crippen molar-refractivity contribution in [2.75, 3.05) is 18.6 Å². The zero-order chi connectivity index (χ0) is 16.6. The summed E-state index contributed by atoms with van der Waals surface area (Å²) in [6.45, 7) is 0.282. The highest BCUT2D eigenvalue weighted by Gasteiger charge is 2.31. The number of anilines is 1. The van der Waals surface area contributed by atoms with Crippen LogP contribution in [0.4, 0.5) is 5.69 Å². The third kappa shape index (κ3) is 2.80. The smallest absolute Gasteiger partial charge is 0.259 e. The molecule has 0 bridgehead atoms. The van der Waals surface area contributed by atoms with Crippen molar-refractivity contribution in [3.8, 4) is 5.75 Å². The second kappa shape index (κ2) is 6.22. The zero-order valence-corrected chi connectivity index (χ0v) is 13.8. The summed E-state index contributed by atoms with van der Waals surface area (Å²) >= 11 is 12.0. The molecular formula is C17H13Cl2NO3. The number of carbonyl (C=O) groups excluding carboxylic acids is 2. The minimum atomic E-state index is -0.287. The zero-order valence-electron chi connectivity index (χ0n) is 12.3. The third-order valence-electron chi connectivity index (χ3n) is 3.76. The number of nitrogens with zero attached hydrogens (tertiary/aromatic N) is 1. The lowest BCUT2D eigenvalue weighted by molar-refractivity contribution is 0.0954. The van der Waals surface area contributed by atoms with Crippen molar-refractivity contribution < 1.29 is 14.3 Å². The van der Waals surface area contributed by atoms with Gasteiger partial charge in [0.15, 0.2) is 5.78 Å². The number of ketones is 1. The lowest BCUT2D eigenvalue weighted by Crippen LogP contribution is -2.37. The molecule has 2 aromatic carbocycles. The highest BCUT2D eigenvalue weighted by atomic mass is 35.5. The Bertz CT molecular complexity index is 804. The number of methoxy groups -OCH3 is 1. The molecule has 118 valence electrons. The Hall–Kier alpha value is -2.04. The largest absolute Gasteiger partial charge is 0.495 e. The van der Waals surface area contributed by atoms with E-state index in [4.69, 9.17) is 27.9 Å². The van der Waals surface area contributed by atoms with Crippen molar-refractivity contribution in [3.63, 3.8) is 0 Å². The molecule has 0 radical (unpaired) electrons. The van der Waals surface area contributed by atoms with Gasteiger partial charge < -0.3 is 9.64 Å². The molecule has 0 atom stereocenters. The molecule has 2 aromatic rings. The van der Waals surface area contributed by atoms with Gasteiger partial charge in [-0.3, -0.25) is 9.59 Å². The average molecular weight is 350 g/mol. The van der Waals surface area contributed by atoms with Crippen LogP contribution in [-0.2, 0) is 0 Å². The third-order valence-corrected chi connectivity index (χ3v) is 4.31. The molecule has 3 rings (SSSR count). The number of para-hydroxylation sites is 1. The molecule has 1 amide bonds. The van der Waals surface area contributed by atoms with E-state index in [1.807, 2.05) is 0 Å². The van der Waals surface area contributed by atoms with Gasteiger partial charge in [-0.2, -0.15) is 0 Å². The van der Waals surface area contributed by atoms with Gasteiger partial charge in [0, 0.05) is 23.6 Å². The van der Waals surface area contributed by atoms with E-state index in [-0.39, 0.29) is 29.7 Å². The van der Waals surface area contributed by atoms with E-state index >= 15 is 0 Å². The topological polar surface area (TPSA) is 46.6 Å². The Balaban J connectivity index is 2.10. The van der Waals surface area contributed by atoms with Crippen LogP contribution in [0.15, 0.2) is 36.4 Å². The summed E-state index contributed by atoms with van der Waals surface area (Å²) in [7, 11) is 1.51. The molecule has 0 aliphatic carbocycles. The summed E-state index contributed by atoms with van der Waals surface area (Å²) in [6.07, 6.45) is 0.261. The normalized spacial score (nSPS) is 13.7. The molecule has 0 spiro atoms. The van der Waals surface area contributed by atoms with Gasteiger partial charge in [0.1, 0.15) is 5.75 Å². The number of amides is 1. The van der Waals surface area contributed by atoms with Crippen LogP contribution < -0.4 is 9.64 Å². The summed E-state index contributed by atoms with van der Waals surface area (Å²) in [5.41, 5.74) is 1.30. The number of halogens is 2. The molecule has 0 aromatic heterocycles. The SMILES string of the molecule is COc1cccc2c1N(C(=O)c1ccc(Cl)cc1Cl)CCC2=O. The fraction of sp³-hybridized carbons (Fsp3) is 0.176. The molecule has 0 fully saturated rings. The molecule has 0 unspecified atom stereocenters. The van der Waals surface area contributed by atoms with Crippen molar-refractivity contribution >= 4 is 40.6 Å².